The molecule has 0 spiro atoms. The molecule has 64 heavy (non-hydrogen) atoms. The van der Waals surface area contributed by atoms with Crippen LogP contribution in [0.2, 0.25) is 0 Å². The Morgan fingerprint density at radius 3 is 1.75 bits per heavy atom. The zero-order valence-electron chi connectivity index (χ0n) is 35.2. The minimum absolute atomic E-state index is 0.104. The molecule has 322 valence electrons. The summed E-state index contributed by atoms with van der Waals surface area (Å²) in [6.07, 6.45) is 3.99. The van der Waals surface area contributed by atoms with Crippen LogP contribution >= 0.6 is 0 Å². The van der Waals surface area contributed by atoms with Crippen molar-refractivity contribution in [2.45, 2.75) is 61.9 Å². The molecule has 2 aliphatic heterocycles. The Labute approximate surface area is 368 Å². The molecule has 2 aliphatic carbocycles. The molecular weight excluding hydrogens is 809 g/mol. The highest BCUT2D eigenvalue weighted by Crippen LogP contribution is 2.55. The smallest absolute Gasteiger partial charge is 0.407 e. The van der Waals surface area contributed by atoms with E-state index in [0.29, 0.717) is 23.0 Å². The zero-order valence-corrected chi connectivity index (χ0v) is 35.2. The van der Waals surface area contributed by atoms with Crippen LogP contribution in [0.3, 0.4) is 0 Å². The lowest BCUT2D eigenvalue weighted by Crippen LogP contribution is -2.44. The molecule has 8 atom stereocenters. The highest BCUT2D eigenvalue weighted by atomic mass is 16.5. The van der Waals surface area contributed by atoms with Gasteiger partial charge in [-0.25, -0.2) is 19.6 Å². The number of imidazole rings is 2. The number of methoxy groups -OCH3 is 2. The van der Waals surface area contributed by atoms with Crippen LogP contribution in [0.15, 0.2) is 121 Å². The molecule has 2 saturated heterocycles. The van der Waals surface area contributed by atoms with Gasteiger partial charge >= 0.3 is 12.2 Å². The Hall–Kier alpha value is -7.48. The molecule has 7 aromatic rings. The SMILES string of the molecule is COC(=O)N[C@@H](C(=O)N1[C@@H]2C[C@@H]2C[C@H]1c1ncc(-c2ccc(-c3ccc4c(ccc5[nH]c([C@@H]6C[C@H]7C[C@H]7N6C(=O)[C@H](NC(=O)OC)c6ccccc6)nc54)c3)cc2)[nH]1)c1ccccc1. The van der Waals surface area contributed by atoms with Crippen LogP contribution < -0.4 is 10.6 Å². The Balaban J connectivity index is 0.816. The van der Waals surface area contributed by atoms with E-state index in [1.54, 1.807) is 0 Å². The molecule has 4 heterocycles. The molecule has 11 rings (SSSR count). The number of H-pyrrole nitrogens is 2. The van der Waals surface area contributed by atoms with E-state index in [1.807, 2.05) is 82.7 Å². The molecular formula is C50H46N8O6. The van der Waals surface area contributed by atoms with Gasteiger partial charge in [-0.1, -0.05) is 103 Å². The minimum Gasteiger partial charge on any atom is -0.453 e. The number of fused-ring (bicyclic) bond motifs is 5. The molecule has 14 nitrogen and oxygen atoms in total. The van der Waals surface area contributed by atoms with Gasteiger partial charge in [-0.3, -0.25) is 9.59 Å². The number of likely N-dealkylation sites (tertiary alicyclic amines) is 2. The van der Waals surface area contributed by atoms with E-state index >= 15 is 0 Å². The number of benzene rings is 5. The van der Waals surface area contributed by atoms with Gasteiger partial charge in [0.15, 0.2) is 0 Å². The maximum absolute atomic E-state index is 14.3. The molecule has 4 fully saturated rings. The molecule has 4 N–H and O–H groups in total. The number of aromatic nitrogens is 4. The van der Waals surface area contributed by atoms with Crippen LogP contribution in [0.1, 0.15) is 72.6 Å². The van der Waals surface area contributed by atoms with Gasteiger partial charge in [0.1, 0.15) is 23.7 Å². The topological polar surface area (TPSA) is 175 Å². The van der Waals surface area contributed by atoms with Gasteiger partial charge in [0, 0.05) is 17.5 Å². The van der Waals surface area contributed by atoms with E-state index in [1.165, 1.54) is 14.2 Å². The second kappa shape index (κ2) is 15.7. The predicted octanol–water partition coefficient (Wildman–Crippen LogP) is 8.29. The monoisotopic (exact) mass is 854 g/mol. The summed E-state index contributed by atoms with van der Waals surface area (Å²) in [5, 5.41) is 7.58. The number of aromatic amines is 2. The highest BCUT2D eigenvalue weighted by molar-refractivity contribution is 6.05. The van der Waals surface area contributed by atoms with Crippen molar-refractivity contribution in [1.29, 1.82) is 0 Å². The molecule has 2 aromatic heterocycles. The summed E-state index contributed by atoms with van der Waals surface area (Å²) in [6, 6.07) is 35.4. The van der Waals surface area contributed by atoms with E-state index in [0.717, 1.165) is 81.5 Å². The number of nitrogens with zero attached hydrogens (tertiary/aromatic N) is 4. The van der Waals surface area contributed by atoms with Crippen molar-refractivity contribution < 1.29 is 28.7 Å². The fourth-order valence-electron chi connectivity index (χ4n) is 10.2. The maximum atomic E-state index is 14.3. The molecule has 0 bridgehead atoms. The van der Waals surface area contributed by atoms with Gasteiger partial charge < -0.3 is 39.9 Å². The molecule has 0 unspecified atom stereocenters. The molecule has 0 radical (unpaired) electrons. The van der Waals surface area contributed by atoms with Crippen molar-refractivity contribution in [2.75, 3.05) is 14.2 Å². The van der Waals surface area contributed by atoms with Gasteiger partial charge in [-0.05, 0) is 82.9 Å². The fraction of sp³-hybridized carbons (Fsp3) is 0.280. The molecule has 14 heteroatoms. The summed E-state index contributed by atoms with van der Waals surface area (Å²) in [5.41, 5.74) is 7.07. The Morgan fingerprint density at radius 2 is 1.17 bits per heavy atom. The first kappa shape index (κ1) is 39.4. The van der Waals surface area contributed by atoms with Gasteiger partial charge in [0.05, 0.1) is 49.2 Å². The lowest BCUT2D eigenvalue weighted by atomic mass is 9.99. The van der Waals surface area contributed by atoms with Crippen LogP contribution in [0.25, 0.3) is 44.2 Å². The second-order valence-corrected chi connectivity index (χ2v) is 17.4. The van der Waals surface area contributed by atoms with E-state index < -0.39 is 24.3 Å². The molecule has 4 amide bonds. The number of amides is 4. The normalized spacial score (nSPS) is 22.7. The quantitative estimate of drug-likeness (QED) is 0.106. The molecule has 5 aromatic carbocycles. The summed E-state index contributed by atoms with van der Waals surface area (Å²) < 4.78 is 9.77. The molecule has 4 aliphatic rings. The van der Waals surface area contributed by atoms with Crippen molar-refractivity contribution in [2.24, 2.45) is 11.8 Å². The van der Waals surface area contributed by atoms with Gasteiger partial charge in [0.2, 0.25) is 0 Å². The number of hydrogen-bond donors (Lipinski definition) is 4. The third-order valence-electron chi connectivity index (χ3n) is 13.6. The highest BCUT2D eigenvalue weighted by Gasteiger charge is 2.57. The van der Waals surface area contributed by atoms with Crippen molar-refractivity contribution in [3.63, 3.8) is 0 Å². The fourth-order valence-corrected chi connectivity index (χ4v) is 10.2. The molecule has 2 saturated carbocycles. The summed E-state index contributed by atoms with van der Waals surface area (Å²) in [4.78, 5) is 74.0. The van der Waals surface area contributed by atoms with Crippen LogP contribution in [-0.4, -0.2) is 80.0 Å². The number of ether oxygens (including phenoxy) is 2. The first-order valence-electron chi connectivity index (χ1n) is 21.8. The summed E-state index contributed by atoms with van der Waals surface area (Å²) in [7, 11) is 2.59. The average molecular weight is 855 g/mol. The zero-order chi connectivity index (χ0) is 43.6. The summed E-state index contributed by atoms with van der Waals surface area (Å²) in [6.45, 7) is 0. The number of carbonyl (C=O) groups is 4. The predicted molar refractivity (Wildman–Crippen MR) is 238 cm³/mol. The summed E-state index contributed by atoms with van der Waals surface area (Å²) in [5.74, 6) is 1.92. The standard InChI is InChI=1S/C50H46N8O6/c1-63-49(61)55-42(29-9-5-3-6-10-29)47(59)57-38-22-33(38)24-40(57)45-51-26-37(53-45)28-15-13-27(14-16-28)31-17-19-35-32(21-31)18-20-36-44(35)54-46(52-36)41-25-34-23-39(34)58(41)48(60)43(56-50(62)64-2)30-11-7-4-8-12-30/h3-21,26,33-34,38-43H,22-25H2,1-2H3,(H,51,53)(H,52,54)(H,55,61)(H,56,62)/t33-,34-,38-,39-,40+,41+,42-,43-/m1/s1. The van der Waals surface area contributed by atoms with Crippen molar-refractivity contribution in [3.05, 3.63) is 144 Å². The van der Waals surface area contributed by atoms with Crippen molar-refractivity contribution >= 4 is 45.8 Å². The van der Waals surface area contributed by atoms with E-state index in [2.05, 4.69) is 69.1 Å². The van der Waals surface area contributed by atoms with Crippen LogP contribution in [-0.2, 0) is 19.1 Å². The van der Waals surface area contributed by atoms with Crippen LogP contribution in [0.5, 0.6) is 0 Å². The number of hydrogen-bond acceptors (Lipinski definition) is 8. The Kier molecular flexibility index (Phi) is 9.66. The number of alkyl carbamates (subject to hydrolysis) is 2. The van der Waals surface area contributed by atoms with E-state index in [9.17, 15) is 19.2 Å². The Bertz CT molecular complexity index is 2930. The van der Waals surface area contributed by atoms with Crippen molar-refractivity contribution in [3.8, 4) is 22.4 Å². The van der Waals surface area contributed by atoms with Crippen molar-refractivity contribution in [1.82, 2.24) is 40.4 Å². The third-order valence-corrected chi connectivity index (χ3v) is 13.6. The number of piperidine rings is 2. The lowest BCUT2D eigenvalue weighted by molar-refractivity contribution is -0.136. The average Bonchev–Trinajstić information content (AvgIpc) is 3.95. The van der Waals surface area contributed by atoms with E-state index in [4.69, 9.17) is 19.4 Å². The number of nitrogens with one attached hydrogen (secondary N) is 4. The minimum atomic E-state index is -0.881. The van der Waals surface area contributed by atoms with Crippen LogP contribution in [0.4, 0.5) is 9.59 Å². The second-order valence-electron chi connectivity index (χ2n) is 17.4. The Morgan fingerprint density at radius 1 is 0.625 bits per heavy atom. The van der Waals surface area contributed by atoms with Gasteiger partial charge in [-0.2, -0.15) is 0 Å². The largest absolute Gasteiger partial charge is 0.453 e. The number of carbonyl (C=O) groups excluding carboxylic acids is 4. The van der Waals surface area contributed by atoms with Gasteiger partial charge in [-0.15, -0.1) is 0 Å². The number of rotatable bonds is 10. The van der Waals surface area contributed by atoms with Crippen LogP contribution in [0, 0.1) is 11.8 Å². The first-order valence-corrected chi connectivity index (χ1v) is 21.8. The van der Waals surface area contributed by atoms with Gasteiger partial charge in [0.25, 0.3) is 11.8 Å². The lowest BCUT2D eigenvalue weighted by Gasteiger charge is -2.30. The first-order chi connectivity index (χ1) is 31.3. The van der Waals surface area contributed by atoms with E-state index in [-0.39, 0.29) is 36.0 Å². The third kappa shape index (κ3) is 6.99. The maximum Gasteiger partial charge on any atom is 0.407 e. The summed E-state index contributed by atoms with van der Waals surface area (Å²) >= 11 is 0.